The van der Waals surface area contributed by atoms with Gasteiger partial charge in [0.1, 0.15) is 6.04 Å². The monoisotopic (exact) mass is 268 g/mol. The maximum atomic E-state index is 10.7. The number of rotatable bonds is 5. The minimum atomic E-state index is -1.01. The van der Waals surface area contributed by atoms with Gasteiger partial charge in [-0.15, -0.1) is 0 Å². The first-order chi connectivity index (χ1) is 9.58. The van der Waals surface area contributed by atoms with Crippen LogP contribution in [0, 0.1) is 5.41 Å². The van der Waals surface area contributed by atoms with Gasteiger partial charge in [0, 0.05) is 5.56 Å². The van der Waals surface area contributed by atoms with Crippen LogP contribution in [0.4, 0.5) is 0 Å². The van der Waals surface area contributed by atoms with Crippen LogP contribution in [-0.2, 0) is 11.2 Å². The molecule has 20 heavy (non-hydrogen) atoms. The van der Waals surface area contributed by atoms with Crippen molar-refractivity contribution in [1.82, 2.24) is 0 Å². The van der Waals surface area contributed by atoms with Crippen LogP contribution >= 0.6 is 0 Å². The van der Waals surface area contributed by atoms with E-state index in [1.807, 2.05) is 54.6 Å². The van der Waals surface area contributed by atoms with Gasteiger partial charge in [-0.05, 0) is 17.5 Å². The number of nitrogens with two attached hydrogens (primary N) is 1. The van der Waals surface area contributed by atoms with Crippen LogP contribution in [0.3, 0.4) is 0 Å². The van der Waals surface area contributed by atoms with Gasteiger partial charge in [-0.2, -0.15) is 0 Å². The lowest BCUT2D eigenvalue weighted by Gasteiger charge is -2.08. The van der Waals surface area contributed by atoms with Gasteiger partial charge in [0.2, 0.25) is 0 Å². The first-order valence-corrected chi connectivity index (χ1v) is 6.29. The zero-order chi connectivity index (χ0) is 14.5. The van der Waals surface area contributed by atoms with Crippen LogP contribution in [0.15, 0.2) is 54.6 Å². The fourth-order valence-electron chi connectivity index (χ4n) is 1.92. The smallest absolute Gasteiger partial charge is 0.320 e. The summed E-state index contributed by atoms with van der Waals surface area (Å²) in [6, 6.07) is 15.8. The predicted molar refractivity (Wildman–Crippen MR) is 78.1 cm³/mol. The van der Waals surface area contributed by atoms with Crippen molar-refractivity contribution in [3.63, 3.8) is 0 Å². The maximum Gasteiger partial charge on any atom is 0.320 e. The summed E-state index contributed by atoms with van der Waals surface area (Å²) < 4.78 is 0. The Morgan fingerprint density at radius 1 is 1.05 bits per heavy atom. The van der Waals surface area contributed by atoms with Crippen molar-refractivity contribution in [1.29, 1.82) is 5.41 Å². The standard InChI is InChI=1S/C16H16N2O2/c17-14(16(19)20)10-11-6-8-13(9-7-11)15(18)12-4-2-1-3-5-12/h1-9,14,18H,10,17H2,(H,19,20). The molecule has 0 bridgehead atoms. The fourth-order valence-corrected chi connectivity index (χ4v) is 1.92. The summed E-state index contributed by atoms with van der Waals surface area (Å²) in [5.41, 5.74) is 8.44. The molecule has 0 aliphatic rings. The number of hydrogen-bond donors (Lipinski definition) is 3. The van der Waals surface area contributed by atoms with Crippen molar-refractivity contribution in [2.75, 3.05) is 0 Å². The predicted octanol–water partition coefficient (Wildman–Crippen LogP) is 2.06. The summed E-state index contributed by atoms with van der Waals surface area (Å²) in [7, 11) is 0. The molecule has 0 aliphatic carbocycles. The molecule has 102 valence electrons. The van der Waals surface area contributed by atoms with Gasteiger partial charge in [0.25, 0.3) is 0 Å². The Labute approximate surface area is 117 Å². The molecule has 0 aromatic heterocycles. The van der Waals surface area contributed by atoms with E-state index in [4.69, 9.17) is 16.2 Å². The number of nitrogens with one attached hydrogen (secondary N) is 1. The number of carbonyl (C=O) groups is 1. The number of benzene rings is 2. The van der Waals surface area contributed by atoms with Crippen molar-refractivity contribution in [3.8, 4) is 0 Å². The fraction of sp³-hybridized carbons (Fsp3) is 0.125. The Hall–Kier alpha value is -2.46. The highest BCUT2D eigenvalue weighted by Gasteiger charge is 2.12. The van der Waals surface area contributed by atoms with E-state index in [9.17, 15) is 4.79 Å². The molecule has 0 radical (unpaired) electrons. The SMILES string of the molecule is N=C(c1ccccc1)c1ccc(CC(N)C(=O)O)cc1. The summed E-state index contributed by atoms with van der Waals surface area (Å²) in [6.07, 6.45) is 0.286. The zero-order valence-corrected chi connectivity index (χ0v) is 10.9. The first kappa shape index (κ1) is 14.0. The van der Waals surface area contributed by atoms with Crippen LogP contribution < -0.4 is 5.73 Å². The van der Waals surface area contributed by atoms with Crippen LogP contribution in [0.2, 0.25) is 0 Å². The molecule has 0 saturated heterocycles. The van der Waals surface area contributed by atoms with Gasteiger partial charge in [0.15, 0.2) is 0 Å². The zero-order valence-electron chi connectivity index (χ0n) is 10.9. The van der Waals surface area contributed by atoms with Gasteiger partial charge >= 0.3 is 5.97 Å². The Morgan fingerprint density at radius 3 is 2.15 bits per heavy atom. The summed E-state index contributed by atoms with van der Waals surface area (Å²) >= 11 is 0. The Balaban J connectivity index is 2.12. The lowest BCUT2D eigenvalue weighted by molar-refractivity contribution is -0.138. The molecule has 4 nitrogen and oxygen atoms in total. The van der Waals surface area contributed by atoms with Crippen molar-refractivity contribution in [2.24, 2.45) is 5.73 Å². The third-order valence-corrected chi connectivity index (χ3v) is 3.08. The third kappa shape index (κ3) is 3.30. The summed E-state index contributed by atoms with van der Waals surface area (Å²) in [6.45, 7) is 0. The molecule has 0 fully saturated rings. The topological polar surface area (TPSA) is 87.2 Å². The van der Waals surface area contributed by atoms with E-state index >= 15 is 0 Å². The second-order valence-corrected chi connectivity index (χ2v) is 4.59. The van der Waals surface area contributed by atoms with Gasteiger partial charge in [-0.25, -0.2) is 0 Å². The third-order valence-electron chi connectivity index (χ3n) is 3.08. The molecule has 1 atom stereocenters. The van der Waals surface area contributed by atoms with Crippen molar-refractivity contribution >= 4 is 11.7 Å². The minimum Gasteiger partial charge on any atom is -0.480 e. The number of carboxylic acids is 1. The van der Waals surface area contributed by atoms with Gasteiger partial charge in [-0.3, -0.25) is 10.2 Å². The summed E-state index contributed by atoms with van der Waals surface area (Å²) in [4.78, 5) is 10.7. The van der Waals surface area contributed by atoms with E-state index in [0.717, 1.165) is 16.7 Å². The number of hydrogen-bond acceptors (Lipinski definition) is 3. The van der Waals surface area contributed by atoms with E-state index in [-0.39, 0.29) is 6.42 Å². The highest BCUT2D eigenvalue weighted by Crippen LogP contribution is 2.12. The first-order valence-electron chi connectivity index (χ1n) is 6.29. The van der Waals surface area contributed by atoms with E-state index < -0.39 is 12.0 Å². The molecular weight excluding hydrogens is 252 g/mol. The largest absolute Gasteiger partial charge is 0.480 e. The second-order valence-electron chi connectivity index (χ2n) is 4.59. The van der Waals surface area contributed by atoms with E-state index in [0.29, 0.717) is 5.71 Å². The highest BCUT2D eigenvalue weighted by molar-refractivity contribution is 6.10. The lowest BCUT2D eigenvalue weighted by atomic mass is 9.99. The van der Waals surface area contributed by atoms with Crippen LogP contribution in [0.1, 0.15) is 16.7 Å². The van der Waals surface area contributed by atoms with Gasteiger partial charge in [-0.1, -0.05) is 54.6 Å². The van der Waals surface area contributed by atoms with Gasteiger partial charge < -0.3 is 10.8 Å². The normalized spacial score (nSPS) is 11.8. The van der Waals surface area contributed by atoms with Crippen molar-refractivity contribution < 1.29 is 9.90 Å². The van der Waals surface area contributed by atoms with Crippen LogP contribution in [0.5, 0.6) is 0 Å². The second kappa shape index (κ2) is 6.12. The molecule has 2 aromatic rings. The average molecular weight is 268 g/mol. The molecular formula is C16H16N2O2. The van der Waals surface area contributed by atoms with Crippen LogP contribution in [0.25, 0.3) is 0 Å². The lowest BCUT2D eigenvalue weighted by Crippen LogP contribution is -2.32. The molecule has 0 heterocycles. The summed E-state index contributed by atoms with van der Waals surface area (Å²) in [5.74, 6) is -1.01. The molecule has 2 rings (SSSR count). The maximum absolute atomic E-state index is 10.7. The quantitative estimate of drug-likeness (QED) is 0.725. The molecule has 0 amide bonds. The Kier molecular flexibility index (Phi) is 4.27. The highest BCUT2D eigenvalue weighted by atomic mass is 16.4. The molecule has 4 N–H and O–H groups in total. The number of aliphatic carboxylic acids is 1. The Bertz CT molecular complexity index is 606. The van der Waals surface area contributed by atoms with Gasteiger partial charge in [0.05, 0.1) is 5.71 Å². The molecule has 0 aliphatic heterocycles. The molecule has 1 unspecified atom stereocenters. The van der Waals surface area contributed by atoms with Crippen molar-refractivity contribution in [3.05, 3.63) is 71.3 Å². The minimum absolute atomic E-state index is 0.286. The molecule has 0 spiro atoms. The molecule has 2 aromatic carbocycles. The molecule has 0 saturated carbocycles. The van der Waals surface area contributed by atoms with Crippen LogP contribution in [-0.4, -0.2) is 22.8 Å². The van der Waals surface area contributed by atoms with E-state index in [2.05, 4.69) is 0 Å². The van der Waals surface area contributed by atoms with E-state index in [1.165, 1.54) is 0 Å². The van der Waals surface area contributed by atoms with Crippen molar-refractivity contribution in [2.45, 2.75) is 12.5 Å². The summed E-state index contributed by atoms with van der Waals surface area (Å²) in [5, 5.41) is 16.9. The molecule has 4 heteroatoms. The average Bonchev–Trinajstić information content (AvgIpc) is 2.48. The van der Waals surface area contributed by atoms with E-state index in [1.54, 1.807) is 0 Å². The Morgan fingerprint density at radius 2 is 1.60 bits per heavy atom. The number of carboxylic acid groups (broad SMARTS) is 1.